The van der Waals surface area contributed by atoms with Crippen molar-refractivity contribution in [3.8, 4) is 11.5 Å². The minimum absolute atomic E-state index is 0.0701. The molecule has 138 valence electrons. The van der Waals surface area contributed by atoms with Crippen LogP contribution in [0.1, 0.15) is 5.56 Å². The molecule has 1 amide bonds. The van der Waals surface area contributed by atoms with Crippen molar-refractivity contribution in [1.29, 1.82) is 0 Å². The number of benzene rings is 2. The Hall–Kier alpha value is -2.99. The molecule has 0 atom stereocenters. The van der Waals surface area contributed by atoms with Crippen molar-refractivity contribution < 1.29 is 14.3 Å². The molecule has 2 aromatic rings. The van der Waals surface area contributed by atoms with Crippen molar-refractivity contribution in [3.05, 3.63) is 71.7 Å². The van der Waals surface area contributed by atoms with E-state index in [0.29, 0.717) is 16.7 Å². The number of carbonyl (C=O) groups excluding carboxylic acids is 1. The monoisotopic (exact) mass is 380 g/mol. The quantitative estimate of drug-likeness (QED) is 0.547. The Labute approximate surface area is 163 Å². The highest BCUT2D eigenvalue weighted by atomic mass is 32.2. The third kappa shape index (κ3) is 4.60. The lowest BCUT2D eigenvalue weighted by atomic mass is 10.2. The fraction of sp³-hybridized carbons (Fsp3) is 0.143. The SMILES string of the molecule is C=CCOc1ccc(C=C2SC(=Nc3ccc(OC)cc3)N(C)C2=O)cc1. The third-order valence-corrected chi connectivity index (χ3v) is 4.91. The lowest BCUT2D eigenvalue weighted by Crippen LogP contribution is -2.23. The molecule has 0 saturated carbocycles. The minimum Gasteiger partial charge on any atom is -0.497 e. The van der Waals surface area contributed by atoms with Gasteiger partial charge in [-0.15, -0.1) is 0 Å². The number of hydrogen-bond donors (Lipinski definition) is 0. The predicted octanol–water partition coefficient (Wildman–Crippen LogP) is 4.49. The summed E-state index contributed by atoms with van der Waals surface area (Å²) >= 11 is 1.36. The van der Waals surface area contributed by atoms with E-state index in [2.05, 4.69) is 11.6 Å². The van der Waals surface area contributed by atoms with Crippen molar-refractivity contribution in [1.82, 2.24) is 4.90 Å². The second-order valence-electron chi connectivity index (χ2n) is 5.74. The molecule has 0 spiro atoms. The number of rotatable bonds is 6. The van der Waals surface area contributed by atoms with Crippen LogP contribution in [0, 0.1) is 0 Å². The van der Waals surface area contributed by atoms with Gasteiger partial charge in [-0.2, -0.15) is 0 Å². The van der Waals surface area contributed by atoms with E-state index in [1.54, 1.807) is 25.1 Å². The average molecular weight is 380 g/mol. The van der Waals surface area contributed by atoms with Crippen molar-refractivity contribution in [3.63, 3.8) is 0 Å². The number of methoxy groups -OCH3 is 1. The molecule has 0 aliphatic carbocycles. The molecular formula is C21H20N2O3S. The second kappa shape index (κ2) is 8.60. The number of amidine groups is 1. The Kier molecular flexibility index (Phi) is 5.98. The highest BCUT2D eigenvalue weighted by Crippen LogP contribution is 2.33. The molecule has 1 aliphatic heterocycles. The van der Waals surface area contributed by atoms with E-state index < -0.39 is 0 Å². The van der Waals surface area contributed by atoms with E-state index in [9.17, 15) is 4.79 Å². The first-order valence-electron chi connectivity index (χ1n) is 8.35. The molecule has 0 bridgehead atoms. The van der Waals surface area contributed by atoms with Gasteiger partial charge in [-0.1, -0.05) is 24.8 Å². The number of carbonyl (C=O) groups is 1. The molecule has 6 heteroatoms. The average Bonchev–Trinajstić information content (AvgIpc) is 2.96. The Morgan fingerprint density at radius 3 is 2.41 bits per heavy atom. The Morgan fingerprint density at radius 2 is 1.78 bits per heavy atom. The first-order chi connectivity index (χ1) is 13.1. The lowest BCUT2D eigenvalue weighted by molar-refractivity contribution is -0.121. The molecule has 0 aromatic heterocycles. The van der Waals surface area contributed by atoms with Crippen LogP contribution in [0.3, 0.4) is 0 Å². The summed E-state index contributed by atoms with van der Waals surface area (Å²) in [7, 11) is 3.35. The van der Waals surface area contributed by atoms with Gasteiger partial charge in [0.15, 0.2) is 5.17 Å². The Morgan fingerprint density at radius 1 is 1.11 bits per heavy atom. The van der Waals surface area contributed by atoms with Crippen molar-refractivity contribution >= 4 is 34.6 Å². The van der Waals surface area contributed by atoms with Gasteiger partial charge in [0, 0.05) is 7.05 Å². The molecule has 27 heavy (non-hydrogen) atoms. The van der Waals surface area contributed by atoms with Gasteiger partial charge in [0.1, 0.15) is 18.1 Å². The zero-order chi connectivity index (χ0) is 19.2. The number of ether oxygens (including phenoxy) is 2. The summed E-state index contributed by atoms with van der Waals surface area (Å²) in [6.45, 7) is 4.09. The molecular weight excluding hydrogens is 360 g/mol. The summed E-state index contributed by atoms with van der Waals surface area (Å²) in [6, 6.07) is 15.0. The van der Waals surface area contributed by atoms with Crippen LogP contribution in [0.4, 0.5) is 5.69 Å². The zero-order valence-corrected chi connectivity index (χ0v) is 16.0. The number of hydrogen-bond acceptors (Lipinski definition) is 5. The minimum atomic E-state index is -0.0701. The molecule has 1 fully saturated rings. The van der Waals surface area contributed by atoms with E-state index in [1.807, 2.05) is 54.6 Å². The van der Waals surface area contributed by atoms with Crippen LogP contribution in [0.25, 0.3) is 6.08 Å². The van der Waals surface area contributed by atoms with E-state index in [4.69, 9.17) is 9.47 Å². The van der Waals surface area contributed by atoms with Gasteiger partial charge >= 0.3 is 0 Å². The second-order valence-corrected chi connectivity index (χ2v) is 6.75. The van der Waals surface area contributed by atoms with Crippen LogP contribution >= 0.6 is 11.8 Å². The first-order valence-corrected chi connectivity index (χ1v) is 9.16. The van der Waals surface area contributed by atoms with Crippen LogP contribution in [-0.4, -0.2) is 36.7 Å². The van der Waals surface area contributed by atoms with Crippen LogP contribution in [0.15, 0.2) is 71.1 Å². The standard InChI is InChI=1S/C21H20N2O3S/c1-4-13-26-18-9-5-15(6-10-18)14-19-20(24)23(2)21(27-19)22-16-7-11-17(25-3)12-8-16/h4-12,14H,1,13H2,2-3H3. The van der Waals surface area contributed by atoms with Gasteiger partial charge in [0.2, 0.25) is 0 Å². The summed E-state index contributed by atoms with van der Waals surface area (Å²) in [6.07, 6.45) is 3.56. The number of aliphatic imine (C=N–C) groups is 1. The van der Waals surface area contributed by atoms with Gasteiger partial charge < -0.3 is 9.47 Å². The van der Waals surface area contributed by atoms with Gasteiger partial charge in [-0.25, -0.2) is 4.99 Å². The summed E-state index contributed by atoms with van der Waals surface area (Å²) in [5.74, 6) is 1.46. The van der Waals surface area contributed by atoms with Crippen molar-refractivity contribution in [2.45, 2.75) is 0 Å². The van der Waals surface area contributed by atoms with E-state index >= 15 is 0 Å². The van der Waals surface area contributed by atoms with Gasteiger partial charge in [0.05, 0.1) is 17.7 Å². The largest absolute Gasteiger partial charge is 0.497 e. The number of thioether (sulfide) groups is 1. The Balaban J connectivity index is 1.77. The molecule has 0 unspecified atom stereocenters. The lowest BCUT2D eigenvalue weighted by Gasteiger charge is -2.07. The first kappa shape index (κ1) is 18.8. The smallest absolute Gasteiger partial charge is 0.266 e. The molecule has 1 aliphatic rings. The normalized spacial score (nSPS) is 16.8. The maximum atomic E-state index is 12.5. The zero-order valence-electron chi connectivity index (χ0n) is 15.2. The van der Waals surface area contributed by atoms with Crippen molar-refractivity contribution in [2.75, 3.05) is 20.8 Å². The highest BCUT2D eigenvalue weighted by Gasteiger charge is 2.30. The summed E-state index contributed by atoms with van der Waals surface area (Å²) < 4.78 is 10.6. The fourth-order valence-corrected chi connectivity index (χ4v) is 3.37. The molecule has 1 heterocycles. The van der Waals surface area contributed by atoms with Crippen LogP contribution in [0.2, 0.25) is 0 Å². The Bertz CT molecular complexity index is 887. The maximum absolute atomic E-state index is 12.5. The third-order valence-electron chi connectivity index (χ3n) is 3.85. The maximum Gasteiger partial charge on any atom is 0.266 e. The molecule has 0 N–H and O–H groups in total. The van der Waals surface area contributed by atoms with Crippen LogP contribution < -0.4 is 9.47 Å². The number of nitrogens with zero attached hydrogens (tertiary/aromatic N) is 2. The fourth-order valence-electron chi connectivity index (χ4n) is 2.39. The predicted molar refractivity (Wildman–Crippen MR) is 111 cm³/mol. The number of amides is 1. The van der Waals surface area contributed by atoms with E-state index in [-0.39, 0.29) is 5.91 Å². The topological polar surface area (TPSA) is 51.1 Å². The van der Waals surface area contributed by atoms with Gasteiger partial charge in [-0.3, -0.25) is 9.69 Å². The molecule has 2 aromatic carbocycles. The molecule has 1 saturated heterocycles. The van der Waals surface area contributed by atoms with Gasteiger partial charge in [0.25, 0.3) is 5.91 Å². The van der Waals surface area contributed by atoms with Crippen LogP contribution in [-0.2, 0) is 4.79 Å². The highest BCUT2D eigenvalue weighted by molar-refractivity contribution is 8.18. The summed E-state index contributed by atoms with van der Waals surface area (Å²) in [5, 5.41) is 0.641. The van der Waals surface area contributed by atoms with E-state index in [0.717, 1.165) is 22.7 Å². The summed E-state index contributed by atoms with van der Waals surface area (Å²) in [4.78, 5) is 19.3. The molecule has 3 rings (SSSR count). The van der Waals surface area contributed by atoms with Gasteiger partial charge in [-0.05, 0) is 59.8 Å². The molecule has 5 nitrogen and oxygen atoms in total. The van der Waals surface area contributed by atoms with Crippen molar-refractivity contribution in [2.24, 2.45) is 4.99 Å². The van der Waals surface area contributed by atoms with E-state index in [1.165, 1.54) is 11.8 Å². The number of likely N-dealkylation sites (N-methyl/N-ethyl adjacent to an activating group) is 1. The molecule has 0 radical (unpaired) electrons. The summed E-state index contributed by atoms with van der Waals surface area (Å²) in [5.41, 5.74) is 1.69. The van der Waals surface area contributed by atoms with Crippen LogP contribution in [0.5, 0.6) is 11.5 Å².